The van der Waals surface area contributed by atoms with Crippen LogP contribution in [-0.2, 0) is 6.54 Å². The molecule has 5 heteroatoms. The molecule has 0 bridgehead atoms. The van der Waals surface area contributed by atoms with Crippen LogP contribution in [0.3, 0.4) is 0 Å². The Morgan fingerprint density at radius 3 is 2.56 bits per heavy atom. The van der Waals surface area contributed by atoms with Crippen molar-refractivity contribution in [3.05, 3.63) is 52.3 Å². The van der Waals surface area contributed by atoms with Gasteiger partial charge in [0.25, 0.3) is 0 Å². The second kappa shape index (κ2) is 5.27. The zero-order valence-corrected chi connectivity index (χ0v) is 10.9. The fourth-order valence-corrected chi connectivity index (χ4v) is 2.05. The second-order valence-electron chi connectivity index (χ2n) is 3.74. The smallest absolute Gasteiger partial charge is 0.162 e. The average molecular weight is 312 g/mol. The van der Waals surface area contributed by atoms with Crippen LogP contribution in [0.25, 0.3) is 0 Å². The lowest BCUT2D eigenvalue weighted by Crippen LogP contribution is -2.02. The van der Waals surface area contributed by atoms with E-state index >= 15 is 0 Å². The highest BCUT2D eigenvalue weighted by Gasteiger charge is 2.09. The molecule has 0 aliphatic heterocycles. The summed E-state index contributed by atoms with van der Waals surface area (Å²) in [5.74, 6) is -0.775. The van der Waals surface area contributed by atoms with Crippen LogP contribution in [0.4, 0.5) is 10.1 Å². The third-order valence-electron chi connectivity index (χ3n) is 2.52. The van der Waals surface area contributed by atoms with Crippen molar-refractivity contribution in [2.75, 3.05) is 5.32 Å². The lowest BCUT2D eigenvalue weighted by Gasteiger charge is -2.11. The standard InChI is InChI=1S/C13H11BrFNO2/c14-9-4-2-5-10(15)12(9)16-7-8-3-1-6-11(17)13(8)18/h1-6,16-18H,7H2. The van der Waals surface area contributed by atoms with Crippen LogP contribution in [0.2, 0.25) is 0 Å². The van der Waals surface area contributed by atoms with E-state index in [2.05, 4.69) is 21.2 Å². The molecule has 0 saturated carbocycles. The first-order valence-corrected chi connectivity index (χ1v) is 6.06. The summed E-state index contributed by atoms with van der Waals surface area (Å²) < 4.78 is 14.1. The van der Waals surface area contributed by atoms with Crippen LogP contribution in [-0.4, -0.2) is 10.2 Å². The van der Waals surface area contributed by atoms with Gasteiger partial charge >= 0.3 is 0 Å². The van der Waals surface area contributed by atoms with Crippen LogP contribution in [0, 0.1) is 5.82 Å². The van der Waals surface area contributed by atoms with Gasteiger partial charge in [-0.2, -0.15) is 0 Å². The van der Waals surface area contributed by atoms with Crippen molar-refractivity contribution in [3.63, 3.8) is 0 Å². The second-order valence-corrected chi connectivity index (χ2v) is 4.59. The minimum absolute atomic E-state index is 0.193. The molecule has 0 fully saturated rings. The Kier molecular flexibility index (Phi) is 3.72. The first kappa shape index (κ1) is 12.7. The van der Waals surface area contributed by atoms with Gasteiger partial charge in [0.15, 0.2) is 11.5 Å². The van der Waals surface area contributed by atoms with Crippen LogP contribution in [0.15, 0.2) is 40.9 Å². The molecule has 0 unspecified atom stereocenters. The number of halogens is 2. The van der Waals surface area contributed by atoms with Gasteiger partial charge in [-0.1, -0.05) is 18.2 Å². The predicted octanol–water partition coefficient (Wildman–Crippen LogP) is 3.61. The van der Waals surface area contributed by atoms with E-state index in [1.54, 1.807) is 24.3 Å². The number of para-hydroxylation sites is 2. The lowest BCUT2D eigenvalue weighted by molar-refractivity contribution is 0.400. The third kappa shape index (κ3) is 2.56. The number of benzene rings is 2. The van der Waals surface area contributed by atoms with Gasteiger partial charge in [0.2, 0.25) is 0 Å². The van der Waals surface area contributed by atoms with Crippen LogP contribution >= 0.6 is 15.9 Å². The van der Waals surface area contributed by atoms with Gasteiger partial charge in [-0.05, 0) is 34.1 Å². The molecule has 2 rings (SSSR count). The number of anilines is 1. The summed E-state index contributed by atoms with van der Waals surface area (Å²) >= 11 is 3.24. The first-order valence-electron chi connectivity index (χ1n) is 5.27. The number of aromatic hydroxyl groups is 2. The van der Waals surface area contributed by atoms with Crippen molar-refractivity contribution >= 4 is 21.6 Å². The Morgan fingerprint density at radius 2 is 1.83 bits per heavy atom. The largest absolute Gasteiger partial charge is 0.504 e. The molecule has 0 saturated heterocycles. The van der Waals surface area contributed by atoms with Gasteiger partial charge in [-0.3, -0.25) is 0 Å². The zero-order valence-electron chi connectivity index (χ0n) is 9.32. The Bertz CT molecular complexity index is 555. The topological polar surface area (TPSA) is 52.5 Å². The summed E-state index contributed by atoms with van der Waals surface area (Å²) in [5.41, 5.74) is 0.811. The molecule has 0 aliphatic rings. The van der Waals surface area contributed by atoms with Crippen molar-refractivity contribution in [3.8, 4) is 11.5 Å². The zero-order chi connectivity index (χ0) is 13.1. The summed E-state index contributed by atoms with van der Waals surface area (Å²) in [6.45, 7) is 0.208. The molecule has 0 atom stereocenters. The SMILES string of the molecule is Oc1cccc(CNc2c(F)cccc2Br)c1O. The van der Waals surface area contributed by atoms with E-state index in [4.69, 9.17) is 0 Å². The molecule has 0 heterocycles. The van der Waals surface area contributed by atoms with E-state index in [-0.39, 0.29) is 23.9 Å². The minimum Gasteiger partial charge on any atom is -0.504 e. The lowest BCUT2D eigenvalue weighted by atomic mass is 10.2. The predicted molar refractivity (Wildman–Crippen MR) is 71.2 cm³/mol. The maximum Gasteiger partial charge on any atom is 0.162 e. The Balaban J connectivity index is 2.19. The molecule has 2 aromatic carbocycles. The Morgan fingerprint density at radius 1 is 1.11 bits per heavy atom. The van der Waals surface area contributed by atoms with Gasteiger partial charge in [0.1, 0.15) is 5.82 Å². The number of nitrogens with one attached hydrogen (secondary N) is 1. The maximum absolute atomic E-state index is 13.5. The molecule has 0 spiro atoms. The van der Waals surface area contributed by atoms with E-state index in [0.717, 1.165) is 0 Å². The highest BCUT2D eigenvalue weighted by atomic mass is 79.9. The van der Waals surface area contributed by atoms with Crippen molar-refractivity contribution < 1.29 is 14.6 Å². The number of phenols is 2. The normalized spacial score (nSPS) is 10.3. The van der Waals surface area contributed by atoms with E-state index in [0.29, 0.717) is 15.7 Å². The van der Waals surface area contributed by atoms with Crippen LogP contribution in [0.5, 0.6) is 11.5 Å². The van der Waals surface area contributed by atoms with Crippen molar-refractivity contribution in [1.82, 2.24) is 0 Å². The molecule has 2 aromatic rings. The van der Waals surface area contributed by atoms with Gasteiger partial charge in [-0.25, -0.2) is 4.39 Å². The van der Waals surface area contributed by atoms with Gasteiger partial charge in [-0.15, -0.1) is 0 Å². The minimum atomic E-state index is -0.385. The van der Waals surface area contributed by atoms with E-state index in [1.807, 2.05) is 0 Å². The van der Waals surface area contributed by atoms with Crippen molar-refractivity contribution in [1.29, 1.82) is 0 Å². The number of hydrogen-bond donors (Lipinski definition) is 3. The molecule has 0 aliphatic carbocycles. The van der Waals surface area contributed by atoms with Crippen LogP contribution in [0.1, 0.15) is 5.56 Å². The monoisotopic (exact) mass is 311 g/mol. The third-order valence-corrected chi connectivity index (χ3v) is 3.18. The molecule has 18 heavy (non-hydrogen) atoms. The molecule has 0 amide bonds. The highest BCUT2D eigenvalue weighted by Crippen LogP contribution is 2.30. The van der Waals surface area contributed by atoms with Crippen molar-refractivity contribution in [2.24, 2.45) is 0 Å². The molecular formula is C13H11BrFNO2. The van der Waals surface area contributed by atoms with E-state index < -0.39 is 0 Å². The van der Waals surface area contributed by atoms with Crippen LogP contribution < -0.4 is 5.32 Å². The van der Waals surface area contributed by atoms with Gasteiger partial charge in [0, 0.05) is 16.6 Å². The summed E-state index contributed by atoms with van der Waals surface area (Å²) in [5, 5.41) is 21.8. The summed E-state index contributed by atoms with van der Waals surface area (Å²) in [7, 11) is 0. The number of rotatable bonds is 3. The molecule has 3 nitrogen and oxygen atoms in total. The quantitative estimate of drug-likeness (QED) is 0.759. The fourth-order valence-electron chi connectivity index (χ4n) is 1.57. The average Bonchev–Trinajstić information content (AvgIpc) is 2.33. The summed E-state index contributed by atoms with van der Waals surface area (Å²) in [6, 6.07) is 9.30. The molecule has 0 radical (unpaired) electrons. The molecule has 3 N–H and O–H groups in total. The molecular weight excluding hydrogens is 301 g/mol. The van der Waals surface area contributed by atoms with E-state index in [9.17, 15) is 14.6 Å². The fraction of sp³-hybridized carbons (Fsp3) is 0.0769. The van der Waals surface area contributed by atoms with E-state index in [1.165, 1.54) is 12.1 Å². The summed E-state index contributed by atoms with van der Waals surface area (Å²) in [4.78, 5) is 0. The Labute approximate surface area is 112 Å². The number of phenolic OH excluding ortho intramolecular Hbond substituents is 2. The first-order chi connectivity index (χ1) is 8.59. The molecule has 0 aromatic heterocycles. The Hall–Kier alpha value is -1.75. The maximum atomic E-state index is 13.5. The van der Waals surface area contributed by atoms with Gasteiger partial charge in [0.05, 0.1) is 5.69 Å². The molecule has 94 valence electrons. The van der Waals surface area contributed by atoms with Gasteiger partial charge < -0.3 is 15.5 Å². The highest BCUT2D eigenvalue weighted by molar-refractivity contribution is 9.10. The number of hydrogen-bond acceptors (Lipinski definition) is 3. The summed E-state index contributed by atoms with van der Waals surface area (Å²) in [6.07, 6.45) is 0. The van der Waals surface area contributed by atoms with Crippen molar-refractivity contribution in [2.45, 2.75) is 6.54 Å².